The fraction of sp³-hybridized carbons (Fsp3) is 0.300. The van der Waals surface area contributed by atoms with Crippen molar-refractivity contribution in [3.63, 3.8) is 0 Å². The topological polar surface area (TPSA) is 56.9 Å². The highest BCUT2D eigenvalue weighted by Crippen LogP contribution is 2.27. The minimum absolute atomic E-state index is 0.0236. The Hall–Kier alpha value is -2.58. The molecule has 2 aromatic rings. The summed E-state index contributed by atoms with van der Waals surface area (Å²) in [6, 6.07) is 12.7. The van der Waals surface area contributed by atoms with Crippen LogP contribution in [0.5, 0.6) is 0 Å². The molecule has 0 spiro atoms. The minimum atomic E-state index is -0.559. The number of halogens is 2. The van der Waals surface area contributed by atoms with Crippen LogP contribution in [0.15, 0.2) is 47.6 Å². The zero-order valence-corrected chi connectivity index (χ0v) is 16.4. The number of hydrogen-bond donors (Lipinski definition) is 2. The molecule has 1 fully saturated rings. The van der Waals surface area contributed by atoms with Crippen molar-refractivity contribution >= 4 is 29.2 Å². The Labute approximate surface area is 168 Å². The van der Waals surface area contributed by atoms with E-state index in [0.717, 1.165) is 38.3 Å². The summed E-state index contributed by atoms with van der Waals surface area (Å²) in [6.45, 7) is 2.57. The number of nitrogens with zero attached hydrogens (tertiary/aromatic N) is 3. The molecule has 2 aromatic carbocycles. The van der Waals surface area contributed by atoms with E-state index in [1.165, 1.54) is 11.6 Å². The van der Waals surface area contributed by atoms with Crippen molar-refractivity contribution < 1.29 is 8.78 Å². The lowest BCUT2D eigenvalue weighted by Gasteiger charge is -2.27. The number of anilines is 1. The van der Waals surface area contributed by atoms with Crippen molar-refractivity contribution in [2.24, 2.45) is 10.8 Å². The summed E-state index contributed by atoms with van der Waals surface area (Å²) in [5.74, 6) is -1.06. The molecule has 0 radical (unpaired) electrons. The van der Waals surface area contributed by atoms with E-state index in [4.69, 9.17) is 5.73 Å². The predicted molar refractivity (Wildman–Crippen MR) is 112 cm³/mol. The molecule has 5 nitrogen and oxygen atoms in total. The van der Waals surface area contributed by atoms with Crippen molar-refractivity contribution in [3.05, 3.63) is 65.2 Å². The summed E-state index contributed by atoms with van der Waals surface area (Å²) in [5.41, 5.74) is 9.08. The number of nitrogens with two attached hydrogens (primary N) is 1. The van der Waals surface area contributed by atoms with Gasteiger partial charge in [0.05, 0.1) is 11.9 Å². The Morgan fingerprint density at radius 1 is 1.32 bits per heavy atom. The second kappa shape index (κ2) is 9.07. The highest BCUT2D eigenvalue weighted by Gasteiger charge is 2.27. The molecule has 3 N–H and O–H groups in total. The van der Waals surface area contributed by atoms with Gasteiger partial charge in [0.15, 0.2) is 5.11 Å². The lowest BCUT2D eigenvalue weighted by Crippen LogP contribution is -2.35. The highest BCUT2D eigenvalue weighted by atomic mass is 32.1. The largest absolute Gasteiger partial charge is 0.375 e. The van der Waals surface area contributed by atoms with Crippen LogP contribution in [0.3, 0.4) is 0 Å². The Kier molecular flexibility index (Phi) is 6.53. The van der Waals surface area contributed by atoms with Crippen molar-refractivity contribution in [2.45, 2.75) is 19.0 Å². The first-order chi connectivity index (χ1) is 13.4. The minimum Gasteiger partial charge on any atom is -0.375 e. The molecule has 0 unspecified atom stereocenters. The van der Waals surface area contributed by atoms with Gasteiger partial charge in [0.2, 0.25) is 0 Å². The van der Waals surface area contributed by atoms with Crippen molar-refractivity contribution in [3.8, 4) is 0 Å². The van der Waals surface area contributed by atoms with Gasteiger partial charge >= 0.3 is 0 Å². The van der Waals surface area contributed by atoms with Gasteiger partial charge in [-0.25, -0.2) is 8.78 Å². The number of hydrogen-bond acceptors (Lipinski definition) is 4. The number of nitrogens with one attached hydrogen (secondary N) is 1. The molecule has 28 heavy (non-hydrogen) atoms. The lowest BCUT2D eigenvalue weighted by atomic mass is 10.1. The summed E-state index contributed by atoms with van der Waals surface area (Å²) in [4.78, 5) is 4.14. The molecule has 1 atom stereocenters. The quantitative estimate of drug-likeness (QED) is 0.441. The van der Waals surface area contributed by atoms with Gasteiger partial charge in [-0.15, -0.1) is 0 Å². The number of benzene rings is 2. The van der Waals surface area contributed by atoms with Crippen LogP contribution in [0.4, 0.5) is 14.5 Å². The standard InChI is InChI=1S/C20H23F2N5S/c1-26(16-7-8-27(13-16)12-14-5-3-2-4-6-14)19-10-17(21)15(9-18(19)22)11-24-25-20(23)28/h2-6,9-11,16H,7-8,12-13H2,1H3,(H3,23,25,28)/b24-11+/t16-/m0/s1. The SMILES string of the molecule is CN(c1cc(F)c(/C=N/NC(N)=S)cc1F)[C@H]1CCN(Cc2ccccc2)C1. The monoisotopic (exact) mass is 403 g/mol. The first kappa shape index (κ1) is 20.2. The smallest absolute Gasteiger partial charge is 0.184 e. The second-order valence-electron chi connectivity index (χ2n) is 6.83. The van der Waals surface area contributed by atoms with E-state index in [9.17, 15) is 8.78 Å². The zero-order chi connectivity index (χ0) is 20.1. The van der Waals surface area contributed by atoms with Crippen LogP contribution in [0.2, 0.25) is 0 Å². The zero-order valence-electron chi connectivity index (χ0n) is 15.6. The maximum atomic E-state index is 14.6. The number of likely N-dealkylation sites (tertiary alicyclic amines) is 1. The number of likely N-dealkylation sites (N-methyl/N-ethyl adjacent to an activating group) is 1. The molecular weight excluding hydrogens is 380 g/mol. The Bertz CT molecular complexity index is 859. The lowest BCUT2D eigenvalue weighted by molar-refractivity contribution is 0.326. The Morgan fingerprint density at radius 2 is 2.07 bits per heavy atom. The normalized spacial score (nSPS) is 17.2. The summed E-state index contributed by atoms with van der Waals surface area (Å²) in [5, 5.41) is 3.63. The molecular formula is C20H23F2N5S. The van der Waals surface area contributed by atoms with E-state index < -0.39 is 11.6 Å². The van der Waals surface area contributed by atoms with E-state index >= 15 is 0 Å². The van der Waals surface area contributed by atoms with Crippen molar-refractivity contribution in [1.29, 1.82) is 0 Å². The van der Waals surface area contributed by atoms with Crippen LogP contribution in [-0.4, -0.2) is 42.4 Å². The summed E-state index contributed by atoms with van der Waals surface area (Å²) >= 11 is 4.61. The molecule has 1 aliphatic rings. The molecule has 0 bridgehead atoms. The molecule has 8 heteroatoms. The molecule has 0 amide bonds. The van der Waals surface area contributed by atoms with Crippen LogP contribution < -0.4 is 16.1 Å². The van der Waals surface area contributed by atoms with Gasteiger partial charge in [-0.2, -0.15) is 5.10 Å². The fourth-order valence-electron chi connectivity index (χ4n) is 3.40. The molecule has 3 rings (SSSR count). The van der Waals surface area contributed by atoms with Crippen LogP contribution >= 0.6 is 12.2 Å². The predicted octanol–water partition coefficient (Wildman–Crippen LogP) is 2.84. The van der Waals surface area contributed by atoms with Crippen LogP contribution in [0.1, 0.15) is 17.5 Å². The average Bonchev–Trinajstić information content (AvgIpc) is 3.12. The van der Waals surface area contributed by atoms with Gasteiger partial charge in [0.25, 0.3) is 0 Å². The highest BCUT2D eigenvalue weighted by molar-refractivity contribution is 7.80. The van der Waals surface area contributed by atoms with Crippen LogP contribution in [-0.2, 0) is 6.54 Å². The summed E-state index contributed by atoms with van der Waals surface area (Å²) in [7, 11) is 1.80. The Morgan fingerprint density at radius 3 is 2.79 bits per heavy atom. The molecule has 0 saturated carbocycles. The van der Waals surface area contributed by atoms with Gasteiger partial charge in [0.1, 0.15) is 11.6 Å². The van der Waals surface area contributed by atoms with Crippen molar-refractivity contribution in [1.82, 2.24) is 10.3 Å². The van der Waals surface area contributed by atoms with Gasteiger partial charge < -0.3 is 10.6 Å². The number of thiocarbonyl (C=S) groups is 1. The van der Waals surface area contributed by atoms with E-state index in [1.807, 2.05) is 23.1 Å². The second-order valence-corrected chi connectivity index (χ2v) is 7.27. The van der Waals surface area contributed by atoms with Crippen molar-refractivity contribution in [2.75, 3.05) is 25.0 Å². The molecule has 1 saturated heterocycles. The molecule has 0 aliphatic carbocycles. The van der Waals surface area contributed by atoms with Crippen LogP contribution in [0.25, 0.3) is 0 Å². The first-order valence-corrected chi connectivity index (χ1v) is 9.41. The molecule has 1 aliphatic heterocycles. The van der Waals surface area contributed by atoms with Gasteiger partial charge in [-0.1, -0.05) is 30.3 Å². The maximum Gasteiger partial charge on any atom is 0.184 e. The fourth-order valence-corrected chi connectivity index (χ4v) is 3.45. The van der Waals surface area contributed by atoms with Gasteiger partial charge in [0, 0.05) is 44.4 Å². The molecule has 1 heterocycles. The Balaban J connectivity index is 1.67. The summed E-state index contributed by atoms with van der Waals surface area (Å²) in [6.07, 6.45) is 2.05. The van der Waals surface area contributed by atoms with Gasteiger partial charge in [-0.05, 0) is 30.3 Å². The first-order valence-electron chi connectivity index (χ1n) is 9.00. The van der Waals surface area contributed by atoms with Gasteiger partial charge in [-0.3, -0.25) is 10.3 Å². The van der Waals surface area contributed by atoms with E-state index in [1.54, 1.807) is 7.05 Å². The molecule has 148 valence electrons. The van der Waals surface area contributed by atoms with E-state index in [2.05, 4.69) is 39.8 Å². The number of rotatable bonds is 6. The molecule has 0 aromatic heterocycles. The summed E-state index contributed by atoms with van der Waals surface area (Å²) < 4.78 is 29.0. The van der Waals surface area contributed by atoms with Crippen LogP contribution in [0, 0.1) is 11.6 Å². The number of hydrazone groups is 1. The average molecular weight is 404 g/mol. The van der Waals surface area contributed by atoms with E-state index in [0.29, 0.717) is 0 Å². The third-order valence-electron chi connectivity index (χ3n) is 4.87. The third-order valence-corrected chi connectivity index (χ3v) is 4.96. The van der Waals surface area contributed by atoms with E-state index in [-0.39, 0.29) is 22.4 Å². The maximum absolute atomic E-state index is 14.6. The third kappa shape index (κ3) is 5.02.